The number of H-pyrrole nitrogens is 1. The molecule has 0 aliphatic carbocycles. The number of hydrogen-bond donors (Lipinski definition) is 2. The first-order chi connectivity index (χ1) is 9.66. The highest BCUT2D eigenvalue weighted by Gasteiger charge is 2.15. The maximum absolute atomic E-state index is 12.3. The van der Waals surface area contributed by atoms with Crippen molar-refractivity contribution < 1.29 is 4.79 Å². The number of para-hydroxylation sites is 1. The fraction of sp³-hybridized carbons (Fsp3) is 0. The Kier molecular flexibility index (Phi) is 3.30. The van der Waals surface area contributed by atoms with Gasteiger partial charge in [-0.3, -0.25) is 4.79 Å². The zero-order valence-electron chi connectivity index (χ0n) is 10.0. The Labute approximate surface area is 124 Å². The summed E-state index contributed by atoms with van der Waals surface area (Å²) in [5.74, 6) is -0.336. The lowest BCUT2D eigenvalue weighted by Gasteiger charge is -2.08. The summed E-state index contributed by atoms with van der Waals surface area (Å²) in [6, 6.07) is 7.31. The standard InChI is InChI=1S/C13H8Cl2N4O/c14-11-10(12(15)18-6-17-11)19-13(20)8-3-1-2-7-4-5-16-9(7)8/h1-6,16H,(H,19,20). The van der Waals surface area contributed by atoms with Crippen LogP contribution in [0.3, 0.4) is 0 Å². The second kappa shape index (κ2) is 5.11. The lowest BCUT2D eigenvalue weighted by atomic mass is 10.1. The van der Waals surface area contributed by atoms with Gasteiger partial charge in [-0.25, -0.2) is 9.97 Å². The third-order valence-electron chi connectivity index (χ3n) is 2.83. The molecule has 0 bridgehead atoms. The summed E-state index contributed by atoms with van der Waals surface area (Å²) in [4.78, 5) is 22.9. The second-order valence-electron chi connectivity index (χ2n) is 4.03. The van der Waals surface area contributed by atoms with Gasteiger partial charge in [-0.2, -0.15) is 0 Å². The predicted molar refractivity (Wildman–Crippen MR) is 78.3 cm³/mol. The summed E-state index contributed by atoms with van der Waals surface area (Å²) < 4.78 is 0. The van der Waals surface area contributed by atoms with Gasteiger partial charge in [0.15, 0.2) is 10.3 Å². The van der Waals surface area contributed by atoms with E-state index in [1.807, 2.05) is 12.1 Å². The van der Waals surface area contributed by atoms with Crippen molar-refractivity contribution in [3.63, 3.8) is 0 Å². The molecule has 3 aromatic rings. The highest BCUT2D eigenvalue weighted by atomic mass is 35.5. The number of nitrogens with zero attached hydrogens (tertiary/aromatic N) is 2. The Morgan fingerprint density at radius 2 is 1.90 bits per heavy atom. The van der Waals surface area contributed by atoms with Gasteiger partial charge in [0.05, 0.1) is 11.1 Å². The summed E-state index contributed by atoms with van der Waals surface area (Å²) in [5, 5.41) is 3.76. The van der Waals surface area contributed by atoms with Crippen molar-refractivity contribution in [3.8, 4) is 0 Å². The van der Waals surface area contributed by atoms with Crippen LogP contribution < -0.4 is 5.32 Å². The Morgan fingerprint density at radius 1 is 1.15 bits per heavy atom. The largest absolute Gasteiger partial charge is 0.361 e. The number of halogens is 2. The first kappa shape index (κ1) is 12.9. The molecule has 0 radical (unpaired) electrons. The van der Waals surface area contributed by atoms with Crippen molar-refractivity contribution in [2.45, 2.75) is 0 Å². The number of fused-ring (bicyclic) bond motifs is 1. The van der Waals surface area contributed by atoms with E-state index in [2.05, 4.69) is 20.3 Å². The molecule has 0 saturated carbocycles. The summed E-state index contributed by atoms with van der Waals surface area (Å²) in [6.45, 7) is 0. The molecule has 0 aliphatic rings. The maximum atomic E-state index is 12.3. The van der Waals surface area contributed by atoms with Crippen LogP contribution in [0, 0.1) is 0 Å². The molecule has 3 rings (SSSR count). The third-order valence-corrected chi connectivity index (χ3v) is 3.40. The molecule has 2 heterocycles. The number of carbonyl (C=O) groups excluding carboxylic acids is 1. The van der Waals surface area contributed by atoms with Gasteiger partial charge in [0.25, 0.3) is 5.91 Å². The van der Waals surface area contributed by atoms with Crippen LogP contribution in [0.5, 0.6) is 0 Å². The Morgan fingerprint density at radius 3 is 2.65 bits per heavy atom. The van der Waals surface area contributed by atoms with Crippen molar-refractivity contribution in [3.05, 3.63) is 52.7 Å². The highest BCUT2D eigenvalue weighted by molar-refractivity contribution is 6.38. The van der Waals surface area contributed by atoms with Crippen molar-refractivity contribution in [1.29, 1.82) is 0 Å². The van der Waals surface area contributed by atoms with Crippen molar-refractivity contribution in [1.82, 2.24) is 15.0 Å². The first-order valence-electron chi connectivity index (χ1n) is 5.70. The summed E-state index contributed by atoms with van der Waals surface area (Å²) in [6.07, 6.45) is 3.00. The average molecular weight is 307 g/mol. The highest BCUT2D eigenvalue weighted by Crippen LogP contribution is 2.27. The summed E-state index contributed by atoms with van der Waals surface area (Å²) >= 11 is 11.8. The number of amides is 1. The van der Waals surface area contributed by atoms with Gasteiger partial charge in [-0.15, -0.1) is 0 Å². The minimum Gasteiger partial charge on any atom is -0.361 e. The number of aromatic nitrogens is 3. The van der Waals surface area contributed by atoms with E-state index in [1.54, 1.807) is 18.3 Å². The predicted octanol–water partition coefficient (Wildman–Crippen LogP) is 3.52. The van der Waals surface area contributed by atoms with E-state index >= 15 is 0 Å². The van der Waals surface area contributed by atoms with Gasteiger partial charge in [0, 0.05) is 11.6 Å². The van der Waals surface area contributed by atoms with Gasteiger partial charge in [-0.1, -0.05) is 35.3 Å². The fourth-order valence-electron chi connectivity index (χ4n) is 1.90. The van der Waals surface area contributed by atoms with Crippen LogP contribution in [0.4, 0.5) is 5.69 Å². The molecule has 1 amide bonds. The Hall–Kier alpha value is -2.11. The number of anilines is 1. The monoisotopic (exact) mass is 306 g/mol. The molecular weight excluding hydrogens is 299 g/mol. The van der Waals surface area contributed by atoms with E-state index in [-0.39, 0.29) is 21.9 Å². The summed E-state index contributed by atoms with van der Waals surface area (Å²) in [7, 11) is 0. The molecule has 0 fully saturated rings. The quantitative estimate of drug-likeness (QED) is 0.712. The van der Waals surface area contributed by atoms with Crippen LogP contribution in [-0.2, 0) is 0 Å². The smallest absolute Gasteiger partial charge is 0.257 e. The molecule has 1 aromatic carbocycles. The third kappa shape index (κ3) is 2.21. The van der Waals surface area contributed by atoms with Gasteiger partial charge < -0.3 is 10.3 Å². The topological polar surface area (TPSA) is 70.7 Å². The Balaban J connectivity index is 2.00. The van der Waals surface area contributed by atoms with Crippen LogP contribution in [0.15, 0.2) is 36.8 Å². The normalized spacial score (nSPS) is 10.7. The fourth-order valence-corrected chi connectivity index (χ4v) is 2.31. The van der Waals surface area contributed by atoms with Crippen molar-refractivity contribution in [2.24, 2.45) is 0 Å². The van der Waals surface area contributed by atoms with Gasteiger partial charge >= 0.3 is 0 Å². The molecule has 0 atom stereocenters. The second-order valence-corrected chi connectivity index (χ2v) is 4.75. The van der Waals surface area contributed by atoms with Crippen LogP contribution in [-0.4, -0.2) is 20.9 Å². The summed E-state index contributed by atoms with van der Waals surface area (Å²) in [5.41, 5.74) is 1.43. The molecule has 2 aromatic heterocycles. The van der Waals surface area contributed by atoms with Gasteiger partial charge in [-0.05, 0) is 12.1 Å². The van der Waals surface area contributed by atoms with Gasteiger partial charge in [0.2, 0.25) is 0 Å². The first-order valence-corrected chi connectivity index (χ1v) is 6.46. The van der Waals surface area contributed by atoms with E-state index in [9.17, 15) is 4.79 Å². The molecule has 0 spiro atoms. The SMILES string of the molecule is O=C(Nc1c(Cl)ncnc1Cl)c1cccc2cc[nH]c12. The number of benzene rings is 1. The molecule has 7 heteroatoms. The molecule has 2 N–H and O–H groups in total. The number of hydrogen-bond acceptors (Lipinski definition) is 3. The number of aromatic amines is 1. The van der Waals surface area contributed by atoms with Crippen LogP contribution >= 0.6 is 23.2 Å². The van der Waals surface area contributed by atoms with Crippen molar-refractivity contribution in [2.75, 3.05) is 5.32 Å². The molecule has 20 heavy (non-hydrogen) atoms. The van der Waals surface area contributed by atoms with E-state index in [0.717, 1.165) is 10.9 Å². The molecule has 0 saturated heterocycles. The minimum atomic E-state index is -0.336. The minimum absolute atomic E-state index is 0.0945. The number of rotatable bonds is 2. The van der Waals surface area contributed by atoms with Crippen LogP contribution in [0.25, 0.3) is 10.9 Å². The van der Waals surface area contributed by atoms with Crippen LogP contribution in [0.2, 0.25) is 10.3 Å². The van der Waals surface area contributed by atoms with E-state index in [1.165, 1.54) is 6.33 Å². The lowest BCUT2D eigenvalue weighted by molar-refractivity contribution is 0.102. The Bertz CT molecular complexity index is 780. The average Bonchev–Trinajstić information content (AvgIpc) is 2.91. The van der Waals surface area contributed by atoms with E-state index < -0.39 is 0 Å². The number of nitrogens with one attached hydrogen (secondary N) is 2. The molecular formula is C13H8Cl2N4O. The molecule has 0 unspecified atom stereocenters. The number of carbonyl (C=O) groups is 1. The van der Waals surface area contributed by atoms with Crippen LogP contribution in [0.1, 0.15) is 10.4 Å². The lowest BCUT2D eigenvalue weighted by Crippen LogP contribution is -2.13. The molecule has 5 nitrogen and oxygen atoms in total. The van der Waals surface area contributed by atoms with Gasteiger partial charge in [0.1, 0.15) is 12.0 Å². The maximum Gasteiger partial charge on any atom is 0.257 e. The van der Waals surface area contributed by atoms with E-state index in [0.29, 0.717) is 5.56 Å². The molecule has 100 valence electrons. The van der Waals surface area contributed by atoms with Crippen molar-refractivity contribution >= 4 is 45.7 Å². The zero-order valence-corrected chi connectivity index (χ0v) is 11.5. The molecule has 0 aliphatic heterocycles. The van der Waals surface area contributed by atoms with E-state index in [4.69, 9.17) is 23.2 Å². The zero-order chi connectivity index (χ0) is 14.1.